The monoisotopic (exact) mass is 221 g/mol. The average molecular weight is 222 g/mol. The molecule has 4 heteroatoms. The van der Waals surface area contributed by atoms with Crippen LogP contribution in [0, 0.1) is 0 Å². The van der Waals surface area contributed by atoms with Crippen LogP contribution in [-0.2, 0) is 13.6 Å². The van der Waals surface area contributed by atoms with Crippen LogP contribution >= 0.6 is 11.6 Å². The van der Waals surface area contributed by atoms with Gasteiger partial charge in [-0.15, -0.1) is 0 Å². The van der Waals surface area contributed by atoms with E-state index in [4.69, 9.17) is 17.3 Å². The van der Waals surface area contributed by atoms with Gasteiger partial charge in [0.1, 0.15) is 0 Å². The molecular weight excluding hydrogens is 210 g/mol. The normalized spacial score (nSPS) is 10.6. The van der Waals surface area contributed by atoms with Crippen LogP contribution in [0.1, 0.15) is 5.69 Å². The lowest BCUT2D eigenvalue weighted by molar-refractivity contribution is 0.822. The van der Waals surface area contributed by atoms with E-state index in [1.165, 1.54) is 0 Å². The van der Waals surface area contributed by atoms with Crippen molar-refractivity contribution in [1.29, 1.82) is 0 Å². The summed E-state index contributed by atoms with van der Waals surface area (Å²) in [6.45, 7) is 0.471. The summed E-state index contributed by atoms with van der Waals surface area (Å²) in [6, 6.07) is 7.62. The van der Waals surface area contributed by atoms with Gasteiger partial charge in [0.25, 0.3) is 0 Å². The third-order valence-electron chi connectivity index (χ3n) is 2.35. The van der Waals surface area contributed by atoms with Gasteiger partial charge in [0.15, 0.2) is 0 Å². The first-order valence-corrected chi connectivity index (χ1v) is 5.06. The molecule has 0 amide bonds. The first-order valence-electron chi connectivity index (χ1n) is 4.68. The fraction of sp³-hybridized carbons (Fsp3) is 0.182. The summed E-state index contributed by atoms with van der Waals surface area (Å²) >= 11 is 5.93. The molecule has 3 nitrogen and oxygen atoms in total. The number of aromatic nitrogens is 2. The minimum Gasteiger partial charge on any atom is -0.336 e. The lowest BCUT2D eigenvalue weighted by Gasteiger charge is -2.03. The molecule has 2 aromatic rings. The van der Waals surface area contributed by atoms with E-state index in [1.807, 2.05) is 35.9 Å². The highest BCUT2D eigenvalue weighted by atomic mass is 35.5. The Bertz CT molecular complexity index is 476. The van der Waals surface area contributed by atoms with E-state index in [0.717, 1.165) is 17.0 Å². The molecule has 78 valence electrons. The van der Waals surface area contributed by atoms with E-state index in [1.54, 1.807) is 6.33 Å². The second kappa shape index (κ2) is 4.04. The fourth-order valence-electron chi connectivity index (χ4n) is 1.57. The summed E-state index contributed by atoms with van der Waals surface area (Å²) in [7, 11) is 1.93. The number of aryl methyl sites for hydroxylation is 1. The van der Waals surface area contributed by atoms with Gasteiger partial charge < -0.3 is 10.3 Å². The molecule has 1 aromatic carbocycles. The molecule has 15 heavy (non-hydrogen) atoms. The van der Waals surface area contributed by atoms with E-state index < -0.39 is 0 Å². The van der Waals surface area contributed by atoms with Crippen LogP contribution in [0.2, 0.25) is 5.02 Å². The third kappa shape index (κ3) is 1.89. The molecule has 0 aliphatic rings. The molecule has 0 aliphatic carbocycles. The van der Waals surface area contributed by atoms with Gasteiger partial charge in [-0.05, 0) is 12.1 Å². The number of nitrogens with zero attached hydrogens (tertiary/aromatic N) is 2. The van der Waals surface area contributed by atoms with Crippen LogP contribution in [0.4, 0.5) is 0 Å². The Labute approximate surface area is 93.5 Å². The van der Waals surface area contributed by atoms with Gasteiger partial charge in [0.2, 0.25) is 0 Å². The average Bonchev–Trinajstić information content (AvgIpc) is 2.59. The van der Waals surface area contributed by atoms with Crippen molar-refractivity contribution in [2.45, 2.75) is 6.54 Å². The summed E-state index contributed by atoms with van der Waals surface area (Å²) in [6.07, 6.45) is 1.76. The van der Waals surface area contributed by atoms with Gasteiger partial charge in [-0.25, -0.2) is 4.98 Å². The Morgan fingerprint density at radius 1 is 1.47 bits per heavy atom. The van der Waals surface area contributed by atoms with Crippen LogP contribution in [0.15, 0.2) is 30.6 Å². The maximum atomic E-state index is 5.93. The highest BCUT2D eigenvalue weighted by Gasteiger charge is 2.09. The van der Waals surface area contributed by atoms with Crippen molar-refractivity contribution in [2.24, 2.45) is 12.8 Å². The molecule has 0 saturated carbocycles. The molecule has 1 heterocycles. The van der Waals surface area contributed by atoms with Crippen molar-refractivity contribution in [3.05, 3.63) is 41.3 Å². The van der Waals surface area contributed by atoms with Crippen molar-refractivity contribution in [3.8, 4) is 11.3 Å². The fourth-order valence-corrected chi connectivity index (χ4v) is 1.76. The van der Waals surface area contributed by atoms with E-state index >= 15 is 0 Å². The first kappa shape index (κ1) is 10.2. The van der Waals surface area contributed by atoms with E-state index in [-0.39, 0.29) is 0 Å². The maximum absolute atomic E-state index is 5.93. The van der Waals surface area contributed by atoms with Crippen molar-refractivity contribution in [1.82, 2.24) is 9.55 Å². The van der Waals surface area contributed by atoms with Gasteiger partial charge in [-0.1, -0.05) is 23.7 Å². The largest absolute Gasteiger partial charge is 0.336 e. The van der Waals surface area contributed by atoms with Gasteiger partial charge in [-0.2, -0.15) is 0 Å². The number of nitrogens with two attached hydrogens (primary N) is 1. The standard InChI is InChI=1S/C11H12ClN3/c1-15-7-14-11(10(15)6-13)8-3-2-4-9(12)5-8/h2-5,7H,6,13H2,1H3. The zero-order chi connectivity index (χ0) is 10.8. The van der Waals surface area contributed by atoms with Crippen molar-refractivity contribution >= 4 is 11.6 Å². The Morgan fingerprint density at radius 2 is 2.27 bits per heavy atom. The predicted octanol–water partition coefficient (Wildman–Crippen LogP) is 2.20. The number of hydrogen-bond acceptors (Lipinski definition) is 2. The zero-order valence-corrected chi connectivity index (χ0v) is 9.20. The molecule has 0 aliphatic heterocycles. The second-order valence-corrected chi connectivity index (χ2v) is 3.80. The molecule has 0 fully saturated rings. The molecule has 0 radical (unpaired) electrons. The Balaban J connectivity index is 2.54. The summed E-state index contributed by atoms with van der Waals surface area (Å²) in [4.78, 5) is 4.32. The third-order valence-corrected chi connectivity index (χ3v) is 2.59. The number of rotatable bonds is 2. The SMILES string of the molecule is Cn1cnc(-c2cccc(Cl)c2)c1CN. The molecule has 0 bridgehead atoms. The molecule has 0 atom stereocenters. The van der Waals surface area contributed by atoms with Gasteiger partial charge >= 0.3 is 0 Å². The number of benzene rings is 1. The summed E-state index contributed by atoms with van der Waals surface area (Å²) in [5.74, 6) is 0. The predicted molar refractivity (Wildman–Crippen MR) is 61.5 cm³/mol. The minimum atomic E-state index is 0.471. The molecule has 0 unspecified atom stereocenters. The van der Waals surface area contributed by atoms with E-state index in [2.05, 4.69) is 4.98 Å². The summed E-state index contributed by atoms with van der Waals surface area (Å²) < 4.78 is 1.93. The summed E-state index contributed by atoms with van der Waals surface area (Å²) in [5, 5.41) is 0.709. The van der Waals surface area contributed by atoms with Crippen LogP contribution in [-0.4, -0.2) is 9.55 Å². The minimum absolute atomic E-state index is 0.471. The van der Waals surface area contributed by atoms with Crippen LogP contribution in [0.25, 0.3) is 11.3 Å². The maximum Gasteiger partial charge on any atom is 0.0953 e. The molecule has 0 saturated heterocycles. The first-order chi connectivity index (χ1) is 7.22. The Hall–Kier alpha value is -1.32. The Kier molecular flexibility index (Phi) is 2.75. The van der Waals surface area contributed by atoms with Crippen molar-refractivity contribution in [3.63, 3.8) is 0 Å². The molecule has 2 rings (SSSR count). The molecular formula is C11H12ClN3. The quantitative estimate of drug-likeness (QED) is 0.845. The topological polar surface area (TPSA) is 43.8 Å². The van der Waals surface area contributed by atoms with Crippen molar-refractivity contribution < 1.29 is 0 Å². The number of hydrogen-bond donors (Lipinski definition) is 1. The Morgan fingerprint density at radius 3 is 2.93 bits per heavy atom. The lowest BCUT2D eigenvalue weighted by atomic mass is 10.1. The molecule has 1 aromatic heterocycles. The number of halogens is 1. The van der Waals surface area contributed by atoms with Gasteiger partial charge in [0, 0.05) is 24.2 Å². The molecule has 2 N–H and O–H groups in total. The van der Waals surface area contributed by atoms with Crippen molar-refractivity contribution in [2.75, 3.05) is 0 Å². The lowest BCUT2D eigenvalue weighted by Crippen LogP contribution is -2.04. The molecule has 0 spiro atoms. The van der Waals surface area contributed by atoms with Crippen LogP contribution < -0.4 is 5.73 Å². The van der Waals surface area contributed by atoms with Gasteiger partial charge in [0.05, 0.1) is 17.7 Å². The zero-order valence-electron chi connectivity index (χ0n) is 8.44. The van der Waals surface area contributed by atoms with Crippen LogP contribution in [0.3, 0.4) is 0 Å². The smallest absolute Gasteiger partial charge is 0.0953 e. The van der Waals surface area contributed by atoms with E-state index in [9.17, 15) is 0 Å². The highest BCUT2D eigenvalue weighted by molar-refractivity contribution is 6.30. The summed E-state index contributed by atoms with van der Waals surface area (Å²) in [5.41, 5.74) is 8.60. The van der Waals surface area contributed by atoms with E-state index in [0.29, 0.717) is 11.6 Å². The number of imidazole rings is 1. The van der Waals surface area contributed by atoms with Crippen LogP contribution in [0.5, 0.6) is 0 Å². The second-order valence-electron chi connectivity index (χ2n) is 3.37. The van der Waals surface area contributed by atoms with Gasteiger partial charge in [-0.3, -0.25) is 0 Å². The highest BCUT2D eigenvalue weighted by Crippen LogP contribution is 2.24.